The van der Waals surface area contributed by atoms with Gasteiger partial charge in [0.2, 0.25) is 0 Å². The van der Waals surface area contributed by atoms with Crippen LogP contribution >= 0.6 is 11.6 Å². The van der Waals surface area contributed by atoms with E-state index in [1.54, 1.807) is 31.5 Å². The molecule has 0 aliphatic carbocycles. The standard InChI is InChI=1S/C15H16ClFN2O/c1-3-18-14(15-12(16)5-4-8-19-15)11-9-10(17)6-7-13(11)20-2/h4-9,14,18H,3H2,1-2H3. The van der Waals surface area contributed by atoms with E-state index in [-0.39, 0.29) is 11.9 Å². The molecule has 1 atom stereocenters. The summed E-state index contributed by atoms with van der Waals surface area (Å²) in [7, 11) is 1.56. The molecule has 1 heterocycles. The number of ether oxygens (including phenoxy) is 1. The van der Waals surface area contributed by atoms with Gasteiger partial charge in [-0.25, -0.2) is 4.39 Å². The average molecular weight is 295 g/mol. The fourth-order valence-electron chi connectivity index (χ4n) is 2.10. The third-order valence-electron chi connectivity index (χ3n) is 2.97. The zero-order chi connectivity index (χ0) is 14.5. The molecule has 20 heavy (non-hydrogen) atoms. The van der Waals surface area contributed by atoms with Gasteiger partial charge in [0.1, 0.15) is 11.6 Å². The lowest BCUT2D eigenvalue weighted by Gasteiger charge is -2.21. The molecule has 106 valence electrons. The molecule has 2 rings (SSSR count). The molecule has 1 unspecified atom stereocenters. The first kappa shape index (κ1) is 14.8. The van der Waals surface area contributed by atoms with Gasteiger partial charge in [-0.05, 0) is 36.9 Å². The number of nitrogens with zero attached hydrogens (tertiary/aromatic N) is 1. The van der Waals surface area contributed by atoms with Crippen LogP contribution in [0.2, 0.25) is 5.02 Å². The highest BCUT2D eigenvalue weighted by atomic mass is 35.5. The Bertz CT molecular complexity index is 592. The lowest BCUT2D eigenvalue weighted by molar-refractivity contribution is 0.402. The number of hydrogen-bond donors (Lipinski definition) is 1. The number of pyridine rings is 1. The minimum atomic E-state index is -0.323. The highest BCUT2D eigenvalue weighted by Gasteiger charge is 2.21. The first-order valence-corrected chi connectivity index (χ1v) is 6.72. The summed E-state index contributed by atoms with van der Waals surface area (Å²) in [6.07, 6.45) is 1.66. The molecule has 2 aromatic rings. The highest BCUT2D eigenvalue weighted by molar-refractivity contribution is 6.31. The molecule has 0 fully saturated rings. The predicted octanol–water partition coefficient (Wildman–Crippen LogP) is 3.58. The van der Waals surface area contributed by atoms with E-state index in [0.29, 0.717) is 28.6 Å². The number of nitrogens with one attached hydrogen (secondary N) is 1. The molecule has 0 radical (unpaired) electrons. The zero-order valence-electron chi connectivity index (χ0n) is 11.4. The SMILES string of the molecule is CCNC(c1cc(F)ccc1OC)c1ncccc1Cl. The van der Waals surface area contributed by atoms with E-state index in [1.165, 1.54) is 12.1 Å². The molecule has 5 heteroatoms. The second-order valence-electron chi connectivity index (χ2n) is 4.25. The van der Waals surface area contributed by atoms with Crippen LogP contribution < -0.4 is 10.1 Å². The topological polar surface area (TPSA) is 34.1 Å². The number of methoxy groups -OCH3 is 1. The lowest BCUT2D eigenvalue weighted by Crippen LogP contribution is -2.24. The van der Waals surface area contributed by atoms with E-state index in [1.807, 2.05) is 6.92 Å². The molecular formula is C15H16ClFN2O. The van der Waals surface area contributed by atoms with Gasteiger partial charge in [-0.1, -0.05) is 18.5 Å². The van der Waals surface area contributed by atoms with E-state index >= 15 is 0 Å². The van der Waals surface area contributed by atoms with Gasteiger partial charge < -0.3 is 10.1 Å². The van der Waals surface area contributed by atoms with E-state index in [2.05, 4.69) is 10.3 Å². The minimum Gasteiger partial charge on any atom is -0.496 e. The Hall–Kier alpha value is -1.65. The molecule has 0 saturated carbocycles. The van der Waals surface area contributed by atoms with Crippen LogP contribution in [-0.4, -0.2) is 18.6 Å². The summed E-state index contributed by atoms with van der Waals surface area (Å²) < 4.78 is 18.9. The van der Waals surface area contributed by atoms with Gasteiger partial charge in [-0.2, -0.15) is 0 Å². The van der Waals surface area contributed by atoms with Crippen LogP contribution in [-0.2, 0) is 0 Å². The quantitative estimate of drug-likeness (QED) is 0.915. The van der Waals surface area contributed by atoms with Crippen molar-refractivity contribution >= 4 is 11.6 Å². The largest absolute Gasteiger partial charge is 0.496 e. The monoisotopic (exact) mass is 294 g/mol. The maximum atomic E-state index is 13.6. The van der Waals surface area contributed by atoms with Crippen LogP contribution in [0.15, 0.2) is 36.5 Å². The van der Waals surface area contributed by atoms with Crippen LogP contribution in [0.25, 0.3) is 0 Å². The summed E-state index contributed by atoms with van der Waals surface area (Å²) in [4.78, 5) is 4.31. The first-order valence-electron chi connectivity index (χ1n) is 6.34. The molecule has 0 saturated heterocycles. The minimum absolute atomic E-state index is 0.320. The normalized spacial score (nSPS) is 12.2. The Kier molecular flexibility index (Phi) is 4.93. The predicted molar refractivity (Wildman–Crippen MR) is 77.7 cm³/mol. The lowest BCUT2D eigenvalue weighted by atomic mass is 10.0. The van der Waals surface area contributed by atoms with Crippen LogP contribution in [0.4, 0.5) is 4.39 Å². The van der Waals surface area contributed by atoms with Gasteiger partial charge in [-0.15, -0.1) is 0 Å². The molecule has 0 bridgehead atoms. The summed E-state index contributed by atoms with van der Waals surface area (Å²) >= 11 is 6.20. The van der Waals surface area contributed by atoms with Crippen LogP contribution in [0.5, 0.6) is 5.75 Å². The van der Waals surface area contributed by atoms with Crippen LogP contribution in [0.1, 0.15) is 24.2 Å². The van der Waals surface area contributed by atoms with Crippen LogP contribution in [0.3, 0.4) is 0 Å². The van der Waals surface area contributed by atoms with Crippen molar-refractivity contribution in [2.45, 2.75) is 13.0 Å². The van der Waals surface area contributed by atoms with E-state index in [0.717, 1.165) is 0 Å². The number of halogens is 2. The highest BCUT2D eigenvalue weighted by Crippen LogP contribution is 2.32. The fourth-order valence-corrected chi connectivity index (χ4v) is 2.33. The summed E-state index contributed by atoms with van der Waals surface area (Å²) in [5, 5.41) is 3.80. The summed E-state index contributed by atoms with van der Waals surface area (Å²) in [5.74, 6) is 0.273. The zero-order valence-corrected chi connectivity index (χ0v) is 12.1. The Balaban J connectivity index is 2.54. The molecule has 1 N–H and O–H groups in total. The number of hydrogen-bond acceptors (Lipinski definition) is 3. The van der Waals surface area contributed by atoms with Crippen molar-refractivity contribution in [3.8, 4) is 5.75 Å². The van der Waals surface area contributed by atoms with Crippen LogP contribution in [0, 0.1) is 5.82 Å². The van der Waals surface area contributed by atoms with Crippen molar-refractivity contribution < 1.29 is 9.13 Å². The average Bonchev–Trinajstić information content (AvgIpc) is 2.46. The van der Waals surface area contributed by atoms with Gasteiger partial charge in [0.05, 0.1) is 23.9 Å². The molecule has 0 aliphatic heterocycles. The Morgan fingerprint density at radius 2 is 2.20 bits per heavy atom. The van der Waals surface area contributed by atoms with E-state index < -0.39 is 0 Å². The summed E-state index contributed by atoms with van der Waals surface area (Å²) in [5.41, 5.74) is 1.33. The third-order valence-corrected chi connectivity index (χ3v) is 3.29. The van der Waals surface area contributed by atoms with Crippen molar-refractivity contribution in [1.29, 1.82) is 0 Å². The smallest absolute Gasteiger partial charge is 0.124 e. The molecule has 0 aliphatic rings. The molecule has 0 spiro atoms. The maximum Gasteiger partial charge on any atom is 0.124 e. The first-order chi connectivity index (χ1) is 9.67. The number of benzene rings is 1. The van der Waals surface area contributed by atoms with Crippen molar-refractivity contribution in [3.63, 3.8) is 0 Å². The Morgan fingerprint density at radius 3 is 2.85 bits per heavy atom. The number of aromatic nitrogens is 1. The molecule has 1 aromatic carbocycles. The van der Waals surface area contributed by atoms with Gasteiger partial charge in [-0.3, -0.25) is 4.98 Å². The van der Waals surface area contributed by atoms with Crippen molar-refractivity contribution in [3.05, 3.63) is 58.6 Å². The maximum absolute atomic E-state index is 13.6. The van der Waals surface area contributed by atoms with Gasteiger partial charge >= 0.3 is 0 Å². The van der Waals surface area contributed by atoms with Crippen molar-refractivity contribution in [2.75, 3.05) is 13.7 Å². The van der Waals surface area contributed by atoms with Crippen molar-refractivity contribution in [1.82, 2.24) is 10.3 Å². The second-order valence-corrected chi connectivity index (χ2v) is 4.65. The van der Waals surface area contributed by atoms with Crippen molar-refractivity contribution in [2.24, 2.45) is 0 Å². The number of rotatable bonds is 5. The van der Waals surface area contributed by atoms with Gasteiger partial charge in [0.15, 0.2) is 0 Å². The molecule has 3 nitrogen and oxygen atoms in total. The molecule has 1 aromatic heterocycles. The Labute approximate surface area is 122 Å². The van der Waals surface area contributed by atoms with E-state index in [9.17, 15) is 4.39 Å². The molecule has 0 amide bonds. The molecular weight excluding hydrogens is 279 g/mol. The summed E-state index contributed by atoms with van der Waals surface area (Å²) in [6.45, 7) is 2.66. The van der Waals surface area contributed by atoms with E-state index in [4.69, 9.17) is 16.3 Å². The third kappa shape index (κ3) is 3.08. The second kappa shape index (κ2) is 6.68. The van der Waals surface area contributed by atoms with Gasteiger partial charge in [0.25, 0.3) is 0 Å². The fraction of sp³-hybridized carbons (Fsp3) is 0.267. The summed E-state index contributed by atoms with van der Waals surface area (Å²) in [6, 6.07) is 7.62. The Morgan fingerprint density at radius 1 is 1.40 bits per heavy atom. The van der Waals surface area contributed by atoms with Gasteiger partial charge in [0, 0.05) is 11.8 Å².